The molecule has 0 radical (unpaired) electrons. The van der Waals surface area contributed by atoms with E-state index in [-0.39, 0.29) is 18.6 Å². The molecule has 2 amide bonds. The van der Waals surface area contributed by atoms with Crippen molar-refractivity contribution >= 4 is 23.3 Å². The Morgan fingerprint density at radius 1 is 1.14 bits per heavy atom. The zero-order chi connectivity index (χ0) is 20.8. The minimum atomic E-state index is -0.370. The number of aryl methyl sites for hydroxylation is 1. The Kier molecular flexibility index (Phi) is 7.28. The first kappa shape index (κ1) is 21.3. The van der Waals surface area contributed by atoms with Crippen molar-refractivity contribution in [3.8, 4) is 10.4 Å². The zero-order valence-corrected chi connectivity index (χ0v) is 18.1. The summed E-state index contributed by atoms with van der Waals surface area (Å²) >= 11 is 1.56. The minimum absolute atomic E-state index is 0.154. The number of ether oxygens (including phenoxy) is 2. The summed E-state index contributed by atoms with van der Waals surface area (Å²) in [5.74, 6) is 0.154. The molecule has 1 aliphatic heterocycles. The molecule has 1 saturated heterocycles. The van der Waals surface area contributed by atoms with Crippen LogP contribution in [0.25, 0.3) is 10.4 Å². The molecule has 2 aromatic rings. The van der Waals surface area contributed by atoms with Crippen molar-refractivity contribution in [2.45, 2.75) is 26.3 Å². The van der Waals surface area contributed by atoms with Gasteiger partial charge in [-0.25, -0.2) is 4.79 Å². The summed E-state index contributed by atoms with van der Waals surface area (Å²) in [4.78, 5) is 30.1. The van der Waals surface area contributed by atoms with Crippen LogP contribution in [0.15, 0.2) is 30.3 Å². The first-order chi connectivity index (χ1) is 14.0. The first-order valence-corrected chi connectivity index (χ1v) is 10.7. The van der Waals surface area contributed by atoms with Crippen molar-refractivity contribution in [3.63, 3.8) is 0 Å². The van der Waals surface area contributed by atoms with Crippen LogP contribution in [0.5, 0.6) is 0 Å². The average molecular weight is 417 g/mol. The molecule has 1 aromatic heterocycles. The van der Waals surface area contributed by atoms with Crippen LogP contribution in [0.4, 0.5) is 4.79 Å². The van der Waals surface area contributed by atoms with Crippen molar-refractivity contribution in [3.05, 3.63) is 46.3 Å². The standard InChI is InChI=1S/C22H28N2O4S/c1-16-14-19(29-20(16)21(25)24-10-4-5-11-24)18-8-6-17(7-9-18)15-23(2)22(26)28-13-12-27-3/h6-9,14H,4-5,10-13,15H2,1-3H3. The molecule has 0 bridgehead atoms. The van der Waals surface area contributed by atoms with E-state index in [1.807, 2.05) is 36.1 Å². The molecule has 2 heterocycles. The number of amides is 2. The maximum absolute atomic E-state index is 12.7. The number of methoxy groups -OCH3 is 1. The molecular formula is C22H28N2O4S. The van der Waals surface area contributed by atoms with Gasteiger partial charge in [-0.05, 0) is 42.5 Å². The van der Waals surface area contributed by atoms with Gasteiger partial charge >= 0.3 is 6.09 Å². The Hall–Kier alpha value is -2.38. The van der Waals surface area contributed by atoms with Gasteiger partial charge in [-0.1, -0.05) is 24.3 Å². The van der Waals surface area contributed by atoms with E-state index in [0.717, 1.165) is 52.4 Å². The molecule has 0 spiro atoms. The van der Waals surface area contributed by atoms with Crippen molar-refractivity contribution in [1.82, 2.24) is 9.80 Å². The number of hydrogen-bond donors (Lipinski definition) is 0. The molecule has 0 aliphatic carbocycles. The summed E-state index contributed by atoms with van der Waals surface area (Å²) in [5, 5.41) is 0. The van der Waals surface area contributed by atoms with Gasteiger partial charge in [0.2, 0.25) is 0 Å². The summed E-state index contributed by atoms with van der Waals surface area (Å²) in [6.45, 7) is 4.82. The molecule has 0 atom stereocenters. The fourth-order valence-electron chi connectivity index (χ4n) is 3.34. The highest BCUT2D eigenvalue weighted by atomic mass is 32.1. The van der Waals surface area contributed by atoms with Gasteiger partial charge < -0.3 is 19.3 Å². The van der Waals surface area contributed by atoms with Crippen molar-refractivity contribution in [2.24, 2.45) is 0 Å². The van der Waals surface area contributed by atoms with E-state index in [0.29, 0.717) is 13.2 Å². The Bertz CT molecular complexity index is 841. The van der Waals surface area contributed by atoms with Crippen molar-refractivity contribution in [2.75, 3.05) is 40.5 Å². The van der Waals surface area contributed by atoms with E-state index in [4.69, 9.17) is 9.47 Å². The number of rotatable bonds is 7. The highest BCUT2D eigenvalue weighted by Crippen LogP contribution is 2.33. The number of hydrogen-bond acceptors (Lipinski definition) is 5. The fourth-order valence-corrected chi connectivity index (χ4v) is 4.48. The van der Waals surface area contributed by atoms with Crippen LogP contribution in [0.3, 0.4) is 0 Å². The van der Waals surface area contributed by atoms with Gasteiger partial charge in [0.05, 0.1) is 11.5 Å². The SMILES string of the molecule is COCCOC(=O)N(C)Cc1ccc(-c2cc(C)c(C(=O)N3CCCC3)s2)cc1. The van der Waals surface area contributed by atoms with Crippen LogP contribution < -0.4 is 0 Å². The van der Waals surface area contributed by atoms with E-state index in [1.165, 1.54) is 4.90 Å². The Morgan fingerprint density at radius 3 is 2.48 bits per heavy atom. The van der Waals surface area contributed by atoms with E-state index in [1.54, 1.807) is 25.5 Å². The third kappa shape index (κ3) is 5.36. The first-order valence-electron chi connectivity index (χ1n) is 9.85. The third-order valence-electron chi connectivity index (χ3n) is 4.99. The molecule has 1 fully saturated rings. The molecule has 0 N–H and O–H groups in total. The van der Waals surface area contributed by atoms with E-state index in [9.17, 15) is 9.59 Å². The van der Waals surface area contributed by atoms with Crippen LogP contribution in [-0.4, -0.2) is 62.3 Å². The predicted octanol–water partition coefficient (Wildman–Crippen LogP) is 4.17. The van der Waals surface area contributed by atoms with Gasteiger partial charge in [0.1, 0.15) is 6.61 Å². The lowest BCUT2D eigenvalue weighted by Crippen LogP contribution is -2.27. The Balaban J connectivity index is 1.63. The maximum Gasteiger partial charge on any atom is 0.409 e. The Labute approximate surface area is 176 Å². The third-order valence-corrected chi connectivity index (χ3v) is 6.26. The number of thiophene rings is 1. The van der Waals surface area contributed by atoms with Gasteiger partial charge in [0.15, 0.2) is 0 Å². The lowest BCUT2D eigenvalue weighted by Gasteiger charge is -2.17. The summed E-state index contributed by atoms with van der Waals surface area (Å²) in [5.41, 5.74) is 3.12. The van der Waals surface area contributed by atoms with Gasteiger partial charge in [-0.3, -0.25) is 4.79 Å². The van der Waals surface area contributed by atoms with E-state index >= 15 is 0 Å². The molecule has 0 unspecified atom stereocenters. The number of nitrogens with zero attached hydrogens (tertiary/aromatic N) is 2. The monoisotopic (exact) mass is 416 g/mol. The Morgan fingerprint density at radius 2 is 1.83 bits per heavy atom. The number of benzene rings is 1. The van der Waals surface area contributed by atoms with Crippen LogP contribution in [0, 0.1) is 6.92 Å². The van der Waals surface area contributed by atoms with Gasteiger partial charge in [0.25, 0.3) is 5.91 Å². The molecule has 156 valence electrons. The number of likely N-dealkylation sites (tertiary alicyclic amines) is 1. The molecule has 3 rings (SSSR count). The normalized spacial score (nSPS) is 13.6. The molecule has 1 aromatic carbocycles. The largest absolute Gasteiger partial charge is 0.447 e. The van der Waals surface area contributed by atoms with Crippen molar-refractivity contribution in [1.29, 1.82) is 0 Å². The predicted molar refractivity (Wildman–Crippen MR) is 114 cm³/mol. The van der Waals surface area contributed by atoms with Crippen LogP contribution in [-0.2, 0) is 16.0 Å². The minimum Gasteiger partial charge on any atom is -0.447 e. The van der Waals surface area contributed by atoms with Crippen LogP contribution in [0.1, 0.15) is 33.6 Å². The van der Waals surface area contributed by atoms with Gasteiger partial charge in [-0.2, -0.15) is 0 Å². The van der Waals surface area contributed by atoms with E-state index < -0.39 is 0 Å². The second-order valence-electron chi connectivity index (χ2n) is 7.28. The average Bonchev–Trinajstić information content (AvgIpc) is 3.38. The second-order valence-corrected chi connectivity index (χ2v) is 8.33. The fraction of sp³-hybridized carbons (Fsp3) is 0.455. The zero-order valence-electron chi connectivity index (χ0n) is 17.3. The molecule has 7 heteroatoms. The maximum atomic E-state index is 12.7. The van der Waals surface area contributed by atoms with Gasteiger partial charge in [-0.15, -0.1) is 11.3 Å². The summed E-state index contributed by atoms with van der Waals surface area (Å²) in [7, 11) is 3.28. The van der Waals surface area contributed by atoms with Crippen LogP contribution in [0.2, 0.25) is 0 Å². The van der Waals surface area contributed by atoms with Gasteiger partial charge in [0, 0.05) is 38.7 Å². The summed E-state index contributed by atoms with van der Waals surface area (Å²) in [6, 6.07) is 10.2. The smallest absolute Gasteiger partial charge is 0.409 e. The summed E-state index contributed by atoms with van der Waals surface area (Å²) < 4.78 is 10.00. The molecule has 6 nitrogen and oxygen atoms in total. The van der Waals surface area contributed by atoms with E-state index in [2.05, 4.69) is 6.07 Å². The second kappa shape index (κ2) is 9.89. The number of carbonyl (C=O) groups is 2. The number of carbonyl (C=O) groups excluding carboxylic acids is 2. The van der Waals surface area contributed by atoms with Crippen molar-refractivity contribution < 1.29 is 19.1 Å². The highest BCUT2D eigenvalue weighted by Gasteiger charge is 2.23. The lowest BCUT2D eigenvalue weighted by atomic mass is 10.1. The van der Waals surface area contributed by atoms with Crippen LogP contribution >= 0.6 is 11.3 Å². The molecular weight excluding hydrogens is 388 g/mol. The topological polar surface area (TPSA) is 59.1 Å². The quantitative estimate of drug-likeness (QED) is 0.636. The molecule has 1 aliphatic rings. The summed E-state index contributed by atoms with van der Waals surface area (Å²) in [6.07, 6.45) is 1.82. The highest BCUT2D eigenvalue weighted by molar-refractivity contribution is 7.17. The molecule has 0 saturated carbocycles. The molecule has 29 heavy (non-hydrogen) atoms. The lowest BCUT2D eigenvalue weighted by molar-refractivity contribution is 0.0758.